The lowest BCUT2D eigenvalue weighted by Gasteiger charge is -2.13. The Morgan fingerprint density at radius 1 is 0.944 bits per heavy atom. The first-order valence-electron chi connectivity index (χ1n) is 6.46. The molecule has 1 rings (SSSR count). The largest absolute Gasteiger partial charge is 0.324 e. The third kappa shape index (κ3) is 4.33. The minimum Gasteiger partial charge on any atom is -0.324 e. The van der Waals surface area contributed by atoms with E-state index in [0.29, 0.717) is 12.5 Å². The highest BCUT2D eigenvalue weighted by atomic mass is 19.2. The van der Waals surface area contributed by atoms with Crippen molar-refractivity contribution in [1.29, 1.82) is 0 Å². The average Bonchev–Trinajstić information content (AvgIpc) is 2.33. The molecular formula is C14H20F3N. The minimum absolute atomic E-state index is 0.0596. The lowest BCUT2D eigenvalue weighted by Crippen LogP contribution is -2.13. The second-order valence-corrected chi connectivity index (χ2v) is 4.60. The lowest BCUT2D eigenvalue weighted by molar-refractivity contribution is 0.476. The van der Waals surface area contributed by atoms with Crippen LogP contribution in [0.4, 0.5) is 13.2 Å². The van der Waals surface area contributed by atoms with Crippen LogP contribution in [0, 0.1) is 17.5 Å². The molecule has 0 aliphatic carbocycles. The van der Waals surface area contributed by atoms with Crippen LogP contribution in [0.3, 0.4) is 0 Å². The number of rotatable bonds is 7. The van der Waals surface area contributed by atoms with Gasteiger partial charge in [-0.05, 0) is 12.5 Å². The summed E-state index contributed by atoms with van der Waals surface area (Å²) in [5.41, 5.74) is 5.86. The van der Waals surface area contributed by atoms with Gasteiger partial charge in [0.25, 0.3) is 0 Å². The number of benzene rings is 1. The van der Waals surface area contributed by atoms with E-state index in [2.05, 4.69) is 6.92 Å². The highest BCUT2D eigenvalue weighted by Gasteiger charge is 2.15. The maximum atomic E-state index is 13.4. The Kier molecular flexibility index (Phi) is 6.19. The molecule has 0 aromatic heterocycles. The summed E-state index contributed by atoms with van der Waals surface area (Å²) in [6, 6.07) is 0.852. The number of hydrogen-bond acceptors (Lipinski definition) is 1. The predicted molar refractivity (Wildman–Crippen MR) is 66.6 cm³/mol. The zero-order valence-corrected chi connectivity index (χ0v) is 10.7. The average molecular weight is 259 g/mol. The molecule has 102 valence electrons. The van der Waals surface area contributed by atoms with Crippen LogP contribution < -0.4 is 5.73 Å². The van der Waals surface area contributed by atoms with Crippen molar-refractivity contribution in [1.82, 2.24) is 0 Å². The summed E-state index contributed by atoms with van der Waals surface area (Å²) >= 11 is 0. The second-order valence-electron chi connectivity index (χ2n) is 4.60. The van der Waals surface area contributed by atoms with E-state index >= 15 is 0 Å². The predicted octanol–water partition coefficient (Wildman–Crippen LogP) is 4.46. The highest BCUT2D eigenvalue weighted by molar-refractivity contribution is 5.23. The fraction of sp³-hybridized carbons (Fsp3) is 0.571. The van der Waals surface area contributed by atoms with Crippen molar-refractivity contribution in [2.45, 2.75) is 51.5 Å². The smallest absolute Gasteiger partial charge is 0.161 e. The fourth-order valence-electron chi connectivity index (χ4n) is 1.95. The summed E-state index contributed by atoms with van der Waals surface area (Å²) in [5, 5.41) is 0. The van der Waals surface area contributed by atoms with Crippen LogP contribution in [0.15, 0.2) is 12.1 Å². The van der Waals surface area contributed by atoms with Crippen molar-refractivity contribution in [2.24, 2.45) is 5.73 Å². The number of unbranched alkanes of at least 4 members (excludes halogenated alkanes) is 4. The van der Waals surface area contributed by atoms with Gasteiger partial charge in [-0.3, -0.25) is 0 Å². The molecule has 0 aliphatic rings. The van der Waals surface area contributed by atoms with E-state index in [-0.39, 0.29) is 5.56 Å². The quantitative estimate of drug-likeness (QED) is 0.567. The Hall–Kier alpha value is -1.03. The Morgan fingerprint density at radius 2 is 1.56 bits per heavy atom. The maximum Gasteiger partial charge on any atom is 0.161 e. The SMILES string of the molecule is CCCCCCCC(N)c1cc(F)c(F)cc1F. The Morgan fingerprint density at radius 3 is 2.22 bits per heavy atom. The van der Waals surface area contributed by atoms with Gasteiger partial charge in [0.1, 0.15) is 5.82 Å². The second kappa shape index (κ2) is 7.41. The Balaban J connectivity index is 2.51. The molecule has 2 N–H and O–H groups in total. The van der Waals surface area contributed by atoms with Gasteiger partial charge < -0.3 is 5.73 Å². The molecule has 0 saturated carbocycles. The van der Waals surface area contributed by atoms with Gasteiger partial charge in [0, 0.05) is 17.7 Å². The Labute approximate surface area is 106 Å². The maximum absolute atomic E-state index is 13.4. The molecule has 1 aromatic rings. The molecule has 1 nitrogen and oxygen atoms in total. The van der Waals surface area contributed by atoms with Crippen molar-refractivity contribution in [2.75, 3.05) is 0 Å². The zero-order chi connectivity index (χ0) is 13.5. The van der Waals surface area contributed by atoms with Crippen molar-refractivity contribution in [3.63, 3.8) is 0 Å². The zero-order valence-electron chi connectivity index (χ0n) is 10.7. The van der Waals surface area contributed by atoms with Crippen LogP contribution in [-0.4, -0.2) is 0 Å². The number of hydrogen-bond donors (Lipinski definition) is 1. The van der Waals surface area contributed by atoms with Crippen molar-refractivity contribution in [3.05, 3.63) is 35.1 Å². The number of halogens is 3. The summed E-state index contributed by atoms with van der Waals surface area (Å²) < 4.78 is 39.2. The van der Waals surface area contributed by atoms with Gasteiger partial charge in [-0.1, -0.05) is 39.0 Å². The van der Waals surface area contributed by atoms with E-state index in [4.69, 9.17) is 5.73 Å². The standard InChI is InChI=1S/C14H20F3N/c1-2-3-4-5-6-7-14(18)10-8-12(16)13(17)9-11(10)15/h8-9,14H,2-7,18H2,1H3. The molecule has 4 heteroatoms. The lowest BCUT2D eigenvalue weighted by atomic mass is 10.00. The first-order valence-corrected chi connectivity index (χ1v) is 6.46. The first-order chi connectivity index (χ1) is 8.56. The number of nitrogens with two attached hydrogens (primary N) is 1. The van der Waals surface area contributed by atoms with Gasteiger partial charge in [0.05, 0.1) is 0 Å². The molecule has 0 radical (unpaired) electrons. The molecule has 0 saturated heterocycles. The summed E-state index contributed by atoms with van der Waals surface area (Å²) in [6.07, 6.45) is 5.96. The van der Waals surface area contributed by atoms with Crippen LogP contribution in [-0.2, 0) is 0 Å². The molecule has 0 amide bonds. The molecule has 1 atom stereocenters. The van der Waals surface area contributed by atoms with E-state index in [1.165, 1.54) is 6.42 Å². The van der Waals surface area contributed by atoms with E-state index < -0.39 is 23.5 Å². The molecule has 1 aromatic carbocycles. The molecule has 0 spiro atoms. The summed E-state index contributed by atoms with van der Waals surface area (Å²) in [5.74, 6) is -2.99. The molecule has 0 aliphatic heterocycles. The van der Waals surface area contributed by atoms with E-state index in [1.807, 2.05) is 0 Å². The topological polar surface area (TPSA) is 26.0 Å². The van der Waals surface area contributed by atoms with Crippen LogP contribution in [0.5, 0.6) is 0 Å². The van der Waals surface area contributed by atoms with Crippen LogP contribution in [0.2, 0.25) is 0 Å². The van der Waals surface area contributed by atoms with Gasteiger partial charge in [-0.2, -0.15) is 0 Å². The van der Waals surface area contributed by atoms with E-state index in [1.54, 1.807) is 0 Å². The Bertz CT molecular complexity index is 380. The minimum atomic E-state index is -1.17. The molecular weight excluding hydrogens is 239 g/mol. The van der Waals surface area contributed by atoms with Crippen molar-refractivity contribution < 1.29 is 13.2 Å². The molecule has 1 unspecified atom stereocenters. The fourth-order valence-corrected chi connectivity index (χ4v) is 1.95. The first kappa shape index (κ1) is 15.0. The van der Waals surface area contributed by atoms with Crippen molar-refractivity contribution >= 4 is 0 Å². The summed E-state index contributed by atoms with van der Waals surface area (Å²) in [4.78, 5) is 0. The van der Waals surface area contributed by atoms with Crippen molar-refractivity contribution in [3.8, 4) is 0 Å². The molecule has 0 heterocycles. The van der Waals surface area contributed by atoms with E-state index in [9.17, 15) is 13.2 Å². The van der Waals surface area contributed by atoms with Gasteiger partial charge in [0.2, 0.25) is 0 Å². The highest BCUT2D eigenvalue weighted by Crippen LogP contribution is 2.23. The monoisotopic (exact) mass is 259 g/mol. The molecule has 0 bridgehead atoms. The van der Waals surface area contributed by atoms with Crippen LogP contribution >= 0.6 is 0 Å². The molecule has 18 heavy (non-hydrogen) atoms. The van der Waals surface area contributed by atoms with Gasteiger partial charge in [-0.25, -0.2) is 13.2 Å². The summed E-state index contributed by atoms with van der Waals surface area (Å²) in [7, 11) is 0. The third-order valence-electron chi connectivity index (χ3n) is 3.06. The van der Waals surface area contributed by atoms with Gasteiger partial charge >= 0.3 is 0 Å². The third-order valence-corrected chi connectivity index (χ3v) is 3.06. The van der Waals surface area contributed by atoms with Crippen LogP contribution in [0.25, 0.3) is 0 Å². The molecule has 0 fully saturated rings. The van der Waals surface area contributed by atoms with Gasteiger partial charge in [0.15, 0.2) is 11.6 Å². The van der Waals surface area contributed by atoms with E-state index in [0.717, 1.165) is 31.7 Å². The normalized spacial score (nSPS) is 12.7. The van der Waals surface area contributed by atoms with Gasteiger partial charge in [-0.15, -0.1) is 0 Å². The van der Waals surface area contributed by atoms with Crippen LogP contribution in [0.1, 0.15) is 57.1 Å². The summed E-state index contributed by atoms with van der Waals surface area (Å²) in [6.45, 7) is 2.13.